The van der Waals surface area contributed by atoms with E-state index in [1.54, 1.807) is 0 Å². The third-order valence-electron chi connectivity index (χ3n) is 2.07. The summed E-state index contributed by atoms with van der Waals surface area (Å²) >= 11 is 0. The zero-order chi connectivity index (χ0) is 12.4. The molecule has 7 heteroatoms. The fourth-order valence-electron chi connectivity index (χ4n) is 1.58. The first-order valence-corrected chi connectivity index (χ1v) is 8.44. The van der Waals surface area contributed by atoms with Gasteiger partial charge in [-0.15, -0.1) is 0 Å². The Bertz CT molecular complexity index is 322. The lowest BCUT2D eigenvalue weighted by atomic mass is 10.0. The van der Waals surface area contributed by atoms with Crippen LogP contribution in [0, 0.1) is 11.3 Å². The fourth-order valence-corrected chi connectivity index (χ4v) is 2.97. The number of hydrogen-bond acceptors (Lipinski definition) is 4. The number of hydrogen-bond donors (Lipinski definition) is 1. The summed E-state index contributed by atoms with van der Waals surface area (Å²) in [6, 6.07) is 2.09. The molecule has 90 valence electrons. The minimum atomic E-state index is -1.90. The molecule has 1 heterocycles. The molecule has 1 N–H and O–H groups in total. The first-order chi connectivity index (χ1) is 7.28. The van der Waals surface area contributed by atoms with Crippen LogP contribution in [0.1, 0.15) is 6.42 Å². The van der Waals surface area contributed by atoms with Gasteiger partial charge >= 0.3 is 6.09 Å². The van der Waals surface area contributed by atoms with Crippen molar-refractivity contribution in [3.63, 3.8) is 0 Å². The summed E-state index contributed by atoms with van der Waals surface area (Å²) in [5.41, 5.74) is -1.05. The third-order valence-corrected chi connectivity index (χ3v) is 3.07. The summed E-state index contributed by atoms with van der Waals surface area (Å²) < 4.78 is 5.79. The quantitative estimate of drug-likeness (QED) is 0.743. The summed E-state index contributed by atoms with van der Waals surface area (Å²) in [4.78, 5) is 15.7. The van der Waals surface area contributed by atoms with E-state index in [1.165, 1.54) is 0 Å². The highest BCUT2D eigenvalue weighted by atomic mass is 28.4. The van der Waals surface area contributed by atoms with E-state index in [4.69, 9.17) is 14.4 Å². The molecule has 1 aliphatic heterocycles. The van der Waals surface area contributed by atoms with Crippen LogP contribution in [-0.4, -0.2) is 43.3 Å². The molecule has 0 radical (unpaired) electrons. The number of hydroxylamine groups is 2. The Balaban J connectivity index is 2.81. The molecule has 0 aromatic rings. The van der Waals surface area contributed by atoms with Gasteiger partial charge in [-0.2, -0.15) is 10.3 Å². The average molecular weight is 244 g/mol. The van der Waals surface area contributed by atoms with Gasteiger partial charge in [-0.25, -0.2) is 4.79 Å². The maximum atomic E-state index is 10.8. The topological polar surface area (TPSA) is 82.8 Å². The van der Waals surface area contributed by atoms with Crippen molar-refractivity contribution in [2.75, 3.05) is 13.2 Å². The monoisotopic (exact) mass is 244 g/mol. The maximum Gasteiger partial charge on any atom is 0.431 e. The fraction of sp³-hybridized carbons (Fsp3) is 0.778. The van der Waals surface area contributed by atoms with E-state index < -0.39 is 20.0 Å². The van der Waals surface area contributed by atoms with Gasteiger partial charge in [0.15, 0.2) is 13.9 Å². The van der Waals surface area contributed by atoms with Gasteiger partial charge < -0.3 is 9.53 Å². The van der Waals surface area contributed by atoms with E-state index in [2.05, 4.69) is 6.07 Å². The SMILES string of the molecule is C[Si](C)(C)OC1(C#N)CCON(C(=O)O)C1. The minimum absolute atomic E-state index is 0.0525. The minimum Gasteiger partial charge on any atom is -0.463 e. The molecule has 1 atom stereocenters. The lowest BCUT2D eigenvalue weighted by molar-refractivity contribution is -0.191. The van der Waals surface area contributed by atoms with Crippen LogP contribution in [0.25, 0.3) is 0 Å². The van der Waals surface area contributed by atoms with Crippen LogP contribution in [0.15, 0.2) is 0 Å². The molecule has 6 nitrogen and oxygen atoms in total. The molecule has 1 unspecified atom stereocenters. The number of nitrogens with zero attached hydrogens (tertiary/aromatic N) is 2. The summed E-state index contributed by atoms with van der Waals surface area (Å²) in [6.45, 7) is 6.03. The van der Waals surface area contributed by atoms with E-state index in [-0.39, 0.29) is 13.2 Å². The summed E-state index contributed by atoms with van der Waals surface area (Å²) in [5, 5.41) is 18.8. The Labute approximate surface area is 95.4 Å². The molecule has 1 aliphatic rings. The number of rotatable bonds is 2. The zero-order valence-electron chi connectivity index (χ0n) is 9.69. The van der Waals surface area contributed by atoms with E-state index in [1.807, 2.05) is 19.6 Å². The van der Waals surface area contributed by atoms with Gasteiger partial charge in [0, 0.05) is 6.42 Å². The molecule has 1 saturated heterocycles. The molecular formula is C9H16N2O4Si. The Kier molecular flexibility index (Phi) is 3.57. The van der Waals surface area contributed by atoms with Crippen LogP contribution in [0.4, 0.5) is 4.79 Å². The number of amides is 1. The first kappa shape index (κ1) is 13.0. The second-order valence-electron chi connectivity index (χ2n) is 4.72. The highest BCUT2D eigenvalue weighted by molar-refractivity contribution is 6.69. The first-order valence-electron chi connectivity index (χ1n) is 5.03. The van der Waals surface area contributed by atoms with Crippen molar-refractivity contribution in [2.45, 2.75) is 31.7 Å². The molecule has 1 amide bonds. The van der Waals surface area contributed by atoms with E-state index in [9.17, 15) is 10.1 Å². The van der Waals surface area contributed by atoms with Gasteiger partial charge in [0.1, 0.15) is 0 Å². The Morgan fingerprint density at radius 1 is 1.62 bits per heavy atom. The summed E-state index contributed by atoms with van der Waals surface area (Å²) in [6.07, 6.45) is -0.795. The van der Waals surface area contributed by atoms with Crippen molar-refractivity contribution in [2.24, 2.45) is 0 Å². The van der Waals surface area contributed by atoms with Crippen LogP contribution >= 0.6 is 0 Å². The van der Waals surface area contributed by atoms with Crippen LogP contribution in [0.3, 0.4) is 0 Å². The van der Waals surface area contributed by atoms with E-state index in [0.717, 1.165) is 5.06 Å². The highest BCUT2D eigenvalue weighted by Crippen LogP contribution is 2.26. The van der Waals surface area contributed by atoms with Crippen molar-refractivity contribution in [1.82, 2.24) is 5.06 Å². The number of carboxylic acid groups (broad SMARTS) is 1. The van der Waals surface area contributed by atoms with Crippen molar-refractivity contribution in [3.8, 4) is 6.07 Å². The van der Waals surface area contributed by atoms with E-state index >= 15 is 0 Å². The molecule has 0 aliphatic carbocycles. The third kappa shape index (κ3) is 3.20. The molecule has 16 heavy (non-hydrogen) atoms. The molecule has 1 fully saturated rings. The molecule has 0 bridgehead atoms. The molecule has 1 rings (SSSR count). The lowest BCUT2D eigenvalue weighted by Gasteiger charge is -2.39. The predicted molar refractivity (Wildman–Crippen MR) is 58.1 cm³/mol. The average Bonchev–Trinajstić information content (AvgIpc) is 2.15. The second-order valence-corrected chi connectivity index (χ2v) is 9.15. The number of nitriles is 1. The van der Waals surface area contributed by atoms with Crippen LogP contribution < -0.4 is 0 Å². The Morgan fingerprint density at radius 2 is 2.25 bits per heavy atom. The largest absolute Gasteiger partial charge is 0.463 e. The van der Waals surface area contributed by atoms with Gasteiger partial charge in [0.25, 0.3) is 0 Å². The van der Waals surface area contributed by atoms with Gasteiger partial charge in [-0.3, -0.25) is 4.84 Å². The Morgan fingerprint density at radius 3 is 2.69 bits per heavy atom. The van der Waals surface area contributed by atoms with Gasteiger partial charge in [0.2, 0.25) is 0 Å². The Hall–Kier alpha value is -1.10. The molecule has 0 aromatic heterocycles. The predicted octanol–water partition coefficient (Wildman–Crippen LogP) is 1.42. The van der Waals surface area contributed by atoms with E-state index in [0.29, 0.717) is 6.42 Å². The summed E-state index contributed by atoms with van der Waals surface area (Å²) in [5.74, 6) is 0. The standard InChI is InChI=1S/C9H16N2O4Si/c1-16(2,3)15-9(6-10)4-5-14-11(7-9)8(12)13/h4-5,7H2,1-3H3,(H,12,13). The van der Waals surface area contributed by atoms with Crippen molar-refractivity contribution in [1.29, 1.82) is 5.26 Å². The highest BCUT2D eigenvalue weighted by Gasteiger charge is 2.42. The van der Waals surface area contributed by atoms with Gasteiger partial charge in [0.05, 0.1) is 19.2 Å². The maximum absolute atomic E-state index is 10.8. The van der Waals surface area contributed by atoms with Crippen molar-refractivity contribution >= 4 is 14.4 Å². The molecule has 0 saturated carbocycles. The lowest BCUT2D eigenvalue weighted by Crippen LogP contribution is -2.54. The van der Waals surface area contributed by atoms with Gasteiger partial charge in [-0.1, -0.05) is 0 Å². The van der Waals surface area contributed by atoms with Gasteiger partial charge in [-0.05, 0) is 19.6 Å². The zero-order valence-corrected chi connectivity index (χ0v) is 10.7. The van der Waals surface area contributed by atoms with Crippen molar-refractivity contribution in [3.05, 3.63) is 0 Å². The van der Waals surface area contributed by atoms with Crippen LogP contribution in [0.5, 0.6) is 0 Å². The number of carbonyl (C=O) groups is 1. The molecule has 0 spiro atoms. The molecular weight excluding hydrogens is 228 g/mol. The smallest absolute Gasteiger partial charge is 0.431 e. The van der Waals surface area contributed by atoms with Crippen molar-refractivity contribution < 1.29 is 19.2 Å². The van der Waals surface area contributed by atoms with Crippen LogP contribution in [0.2, 0.25) is 19.6 Å². The summed E-state index contributed by atoms with van der Waals surface area (Å²) in [7, 11) is -1.90. The second kappa shape index (κ2) is 4.41. The van der Waals surface area contributed by atoms with Crippen LogP contribution in [-0.2, 0) is 9.26 Å². The normalized spacial score (nSPS) is 26.2. The molecule has 0 aromatic carbocycles.